The highest BCUT2D eigenvalue weighted by Crippen LogP contribution is 2.20. The highest BCUT2D eigenvalue weighted by Gasteiger charge is 2.19. The minimum atomic E-state index is -1.69. The van der Waals surface area contributed by atoms with Crippen LogP contribution in [0.5, 0.6) is 0 Å². The standard InChI is InChI=1S/C17H16F3N3O2/c1-17(2,3)23-16(25)10-6-9(7-21-8-10)15(24)22-12-5-4-11(18)13(19)14(12)20/h4-8H,1-3H3,(H,22,24)(H,23,25). The van der Waals surface area contributed by atoms with E-state index in [9.17, 15) is 22.8 Å². The zero-order valence-electron chi connectivity index (χ0n) is 13.8. The molecular weight excluding hydrogens is 335 g/mol. The molecule has 132 valence electrons. The molecule has 0 atom stereocenters. The van der Waals surface area contributed by atoms with E-state index in [1.807, 2.05) is 0 Å². The van der Waals surface area contributed by atoms with Crippen LogP contribution >= 0.6 is 0 Å². The van der Waals surface area contributed by atoms with Crippen molar-refractivity contribution >= 4 is 17.5 Å². The van der Waals surface area contributed by atoms with Gasteiger partial charge in [-0.1, -0.05) is 0 Å². The molecule has 0 saturated carbocycles. The van der Waals surface area contributed by atoms with Crippen molar-refractivity contribution in [1.29, 1.82) is 0 Å². The Hall–Kier alpha value is -2.90. The minimum absolute atomic E-state index is 0.0364. The number of rotatable bonds is 3. The van der Waals surface area contributed by atoms with Crippen molar-refractivity contribution in [1.82, 2.24) is 10.3 Å². The molecule has 25 heavy (non-hydrogen) atoms. The molecule has 1 aromatic carbocycles. The van der Waals surface area contributed by atoms with E-state index in [0.29, 0.717) is 6.07 Å². The summed E-state index contributed by atoms with van der Waals surface area (Å²) < 4.78 is 39.7. The number of hydrogen-bond acceptors (Lipinski definition) is 3. The van der Waals surface area contributed by atoms with Crippen molar-refractivity contribution in [2.24, 2.45) is 0 Å². The van der Waals surface area contributed by atoms with E-state index in [1.54, 1.807) is 20.8 Å². The van der Waals surface area contributed by atoms with Gasteiger partial charge in [-0.15, -0.1) is 0 Å². The highest BCUT2D eigenvalue weighted by atomic mass is 19.2. The number of aromatic nitrogens is 1. The second-order valence-electron chi connectivity index (χ2n) is 6.34. The molecule has 1 aromatic heterocycles. The summed E-state index contributed by atoms with van der Waals surface area (Å²) in [5.74, 6) is -5.81. The first-order valence-corrected chi connectivity index (χ1v) is 7.31. The molecule has 2 aromatic rings. The Morgan fingerprint density at radius 2 is 1.56 bits per heavy atom. The zero-order valence-corrected chi connectivity index (χ0v) is 13.8. The molecule has 0 aliphatic rings. The Morgan fingerprint density at radius 1 is 0.960 bits per heavy atom. The van der Waals surface area contributed by atoms with Crippen LogP contribution in [0.2, 0.25) is 0 Å². The van der Waals surface area contributed by atoms with Crippen LogP contribution in [-0.2, 0) is 0 Å². The lowest BCUT2D eigenvalue weighted by Crippen LogP contribution is -2.40. The van der Waals surface area contributed by atoms with Crippen LogP contribution in [0.1, 0.15) is 41.5 Å². The lowest BCUT2D eigenvalue weighted by molar-refractivity contribution is 0.0919. The first-order valence-electron chi connectivity index (χ1n) is 7.31. The lowest BCUT2D eigenvalue weighted by atomic mass is 10.1. The van der Waals surface area contributed by atoms with E-state index in [4.69, 9.17) is 0 Å². The molecule has 5 nitrogen and oxygen atoms in total. The average Bonchev–Trinajstić information content (AvgIpc) is 2.54. The fourth-order valence-corrected chi connectivity index (χ4v) is 1.92. The van der Waals surface area contributed by atoms with Gasteiger partial charge in [-0.3, -0.25) is 14.6 Å². The SMILES string of the molecule is CC(C)(C)NC(=O)c1cncc(C(=O)Nc2ccc(F)c(F)c2F)c1. The third-order valence-electron chi connectivity index (χ3n) is 3.03. The van der Waals surface area contributed by atoms with Crippen molar-refractivity contribution in [2.45, 2.75) is 26.3 Å². The normalized spacial score (nSPS) is 11.1. The van der Waals surface area contributed by atoms with Crippen molar-refractivity contribution in [3.8, 4) is 0 Å². The summed E-state index contributed by atoms with van der Waals surface area (Å²) in [5, 5.41) is 4.83. The first-order chi connectivity index (χ1) is 11.6. The second-order valence-corrected chi connectivity index (χ2v) is 6.34. The van der Waals surface area contributed by atoms with Gasteiger partial charge in [-0.25, -0.2) is 13.2 Å². The second kappa shape index (κ2) is 6.92. The number of carbonyl (C=O) groups excluding carboxylic acids is 2. The molecule has 1 heterocycles. The lowest BCUT2D eigenvalue weighted by Gasteiger charge is -2.20. The smallest absolute Gasteiger partial charge is 0.257 e. The number of pyridine rings is 1. The fraction of sp³-hybridized carbons (Fsp3) is 0.235. The zero-order chi connectivity index (χ0) is 18.8. The predicted molar refractivity (Wildman–Crippen MR) is 85.7 cm³/mol. The largest absolute Gasteiger partial charge is 0.347 e. The maximum atomic E-state index is 13.6. The van der Waals surface area contributed by atoms with E-state index in [0.717, 1.165) is 6.07 Å². The van der Waals surface area contributed by atoms with Crippen LogP contribution in [0.3, 0.4) is 0 Å². The Bertz CT molecular complexity index is 832. The number of benzene rings is 1. The van der Waals surface area contributed by atoms with Gasteiger partial charge in [-0.05, 0) is 39.0 Å². The van der Waals surface area contributed by atoms with Gasteiger partial charge >= 0.3 is 0 Å². The van der Waals surface area contributed by atoms with E-state index in [1.165, 1.54) is 18.5 Å². The molecule has 0 spiro atoms. The minimum Gasteiger partial charge on any atom is -0.347 e. The quantitative estimate of drug-likeness (QED) is 0.834. The summed E-state index contributed by atoms with van der Waals surface area (Å²) in [6, 6.07) is 2.86. The van der Waals surface area contributed by atoms with Crippen LogP contribution in [-0.4, -0.2) is 22.3 Å². The van der Waals surface area contributed by atoms with Gasteiger partial charge in [0.25, 0.3) is 11.8 Å². The van der Waals surface area contributed by atoms with Gasteiger partial charge in [0.15, 0.2) is 17.5 Å². The third-order valence-corrected chi connectivity index (χ3v) is 3.03. The number of amides is 2. The molecule has 0 unspecified atom stereocenters. The summed E-state index contributed by atoms with van der Waals surface area (Å²) in [7, 11) is 0. The third kappa shape index (κ3) is 4.56. The number of hydrogen-bond donors (Lipinski definition) is 2. The molecule has 2 N–H and O–H groups in total. The van der Waals surface area contributed by atoms with Crippen LogP contribution in [0, 0.1) is 17.5 Å². The van der Waals surface area contributed by atoms with Crippen LogP contribution in [0.25, 0.3) is 0 Å². The van der Waals surface area contributed by atoms with Gasteiger partial charge < -0.3 is 10.6 Å². The Balaban J connectivity index is 2.22. The van der Waals surface area contributed by atoms with Gasteiger partial charge in [-0.2, -0.15) is 0 Å². The Labute approximate surface area is 142 Å². The van der Waals surface area contributed by atoms with Crippen molar-refractivity contribution < 1.29 is 22.8 Å². The van der Waals surface area contributed by atoms with Crippen LogP contribution in [0.4, 0.5) is 18.9 Å². The summed E-state index contributed by atoms with van der Waals surface area (Å²) >= 11 is 0. The molecule has 0 radical (unpaired) electrons. The summed E-state index contributed by atoms with van der Waals surface area (Å²) in [6.07, 6.45) is 2.44. The molecule has 0 aliphatic carbocycles. The number of halogens is 3. The number of carbonyl (C=O) groups is 2. The predicted octanol–water partition coefficient (Wildman–Crippen LogP) is 3.28. The number of nitrogens with one attached hydrogen (secondary N) is 2. The summed E-state index contributed by atoms with van der Waals surface area (Å²) in [4.78, 5) is 28.1. The van der Waals surface area contributed by atoms with Crippen molar-refractivity contribution in [2.75, 3.05) is 5.32 Å². The monoisotopic (exact) mass is 351 g/mol. The molecule has 0 aliphatic heterocycles. The van der Waals surface area contributed by atoms with Gasteiger partial charge in [0.2, 0.25) is 0 Å². The van der Waals surface area contributed by atoms with Crippen molar-refractivity contribution in [3.05, 3.63) is 59.2 Å². The molecule has 2 amide bonds. The van der Waals surface area contributed by atoms with E-state index in [2.05, 4.69) is 15.6 Å². The summed E-state index contributed by atoms with van der Waals surface area (Å²) in [5.41, 5.74) is -0.906. The van der Waals surface area contributed by atoms with E-state index >= 15 is 0 Å². The van der Waals surface area contributed by atoms with Gasteiger partial charge in [0, 0.05) is 17.9 Å². The molecule has 0 bridgehead atoms. The molecular formula is C17H16F3N3O2. The number of nitrogens with zero attached hydrogens (tertiary/aromatic N) is 1. The molecule has 0 fully saturated rings. The van der Waals surface area contributed by atoms with E-state index in [-0.39, 0.29) is 11.1 Å². The highest BCUT2D eigenvalue weighted by molar-refractivity contribution is 6.05. The topological polar surface area (TPSA) is 71.1 Å². The fourth-order valence-electron chi connectivity index (χ4n) is 1.92. The molecule has 8 heteroatoms. The molecule has 0 saturated heterocycles. The van der Waals surface area contributed by atoms with Gasteiger partial charge in [0.05, 0.1) is 16.8 Å². The summed E-state index contributed by atoms with van der Waals surface area (Å²) in [6.45, 7) is 5.38. The first kappa shape index (κ1) is 18.4. The Morgan fingerprint density at radius 3 is 2.16 bits per heavy atom. The average molecular weight is 351 g/mol. The molecule has 2 rings (SSSR count). The maximum Gasteiger partial charge on any atom is 0.257 e. The Kier molecular flexibility index (Phi) is 5.10. The van der Waals surface area contributed by atoms with Crippen LogP contribution < -0.4 is 10.6 Å². The van der Waals surface area contributed by atoms with Crippen molar-refractivity contribution in [3.63, 3.8) is 0 Å². The number of anilines is 1. The van der Waals surface area contributed by atoms with Crippen LogP contribution in [0.15, 0.2) is 30.6 Å². The van der Waals surface area contributed by atoms with E-state index < -0.39 is 40.5 Å². The van der Waals surface area contributed by atoms with Gasteiger partial charge in [0.1, 0.15) is 0 Å². The maximum absolute atomic E-state index is 13.6.